The van der Waals surface area contributed by atoms with Crippen LogP contribution in [-0.2, 0) is 10.2 Å². The minimum atomic E-state index is -0.897. The number of carbonyl (C=O) groups is 2. The molecule has 2 aromatic carbocycles. The van der Waals surface area contributed by atoms with Crippen LogP contribution in [0.25, 0.3) is 0 Å². The second-order valence-corrected chi connectivity index (χ2v) is 5.10. The molecule has 2 N–H and O–H groups in total. The zero-order valence-electron chi connectivity index (χ0n) is 11.0. The summed E-state index contributed by atoms with van der Waals surface area (Å²) in [5.74, 6) is -0.322. The lowest BCUT2D eigenvalue weighted by atomic mass is 9.65. The van der Waals surface area contributed by atoms with E-state index >= 15 is 0 Å². The Morgan fingerprint density at radius 2 is 1.65 bits per heavy atom. The van der Waals surface area contributed by atoms with Gasteiger partial charge in [0, 0.05) is 12.0 Å². The van der Waals surface area contributed by atoms with E-state index in [0.717, 1.165) is 11.1 Å². The zero-order valence-corrected chi connectivity index (χ0v) is 11.0. The molecule has 0 saturated heterocycles. The molecule has 0 bridgehead atoms. The average molecular weight is 265 g/mol. The average Bonchev–Trinajstić information content (AvgIpc) is 2.49. The summed E-state index contributed by atoms with van der Waals surface area (Å²) in [7, 11) is 0. The van der Waals surface area contributed by atoms with E-state index in [2.05, 4.69) is 0 Å². The van der Waals surface area contributed by atoms with Crippen LogP contribution in [0.4, 0.5) is 0 Å². The normalized spacial score (nSPS) is 21.3. The van der Waals surface area contributed by atoms with E-state index in [0.29, 0.717) is 18.4 Å². The summed E-state index contributed by atoms with van der Waals surface area (Å²) in [5, 5.41) is 0. The molecule has 1 atom stereocenters. The van der Waals surface area contributed by atoms with Crippen LogP contribution in [0.15, 0.2) is 54.6 Å². The van der Waals surface area contributed by atoms with Gasteiger partial charge in [-0.05, 0) is 17.5 Å². The number of primary amides is 1. The second-order valence-electron chi connectivity index (χ2n) is 5.10. The molecule has 100 valence electrons. The van der Waals surface area contributed by atoms with Crippen molar-refractivity contribution < 1.29 is 9.59 Å². The van der Waals surface area contributed by atoms with Crippen LogP contribution >= 0.6 is 0 Å². The molecule has 0 spiro atoms. The highest BCUT2D eigenvalue weighted by atomic mass is 16.1. The highest BCUT2D eigenvalue weighted by Crippen LogP contribution is 2.42. The third-order valence-electron chi connectivity index (χ3n) is 4.10. The van der Waals surface area contributed by atoms with Crippen molar-refractivity contribution in [2.45, 2.75) is 18.3 Å². The van der Waals surface area contributed by atoms with Gasteiger partial charge in [-0.25, -0.2) is 0 Å². The van der Waals surface area contributed by atoms with Gasteiger partial charge in [0.15, 0.2) is 5.78 Å². The van der Waals surface area contributed by atoms with Crippen LogP contribution in [0, 0.1) is 0 Å². The predicted molar refractivity (Wildman–Crippen MR) is 76.4 cm³/mol. The van der Waals surface area contributed by atoms with Crippen molar-refractivity contribution in [1.29, 1.82) is 0 Å². The first-order valence-electron chi connectivity index (χ1n) is 6.64. The Labute approximate surface area is 117 Å². The number of nitrogens with two attached hydrogens (primary N) is 1. The van der Waals surface area contributed by atoms with Crippen LogP contribution in [0.1, 0.15) is 34.3 Å². The minimum absolute atomic E-state index is 0.0772. The molecule has 0 unspecified atom stereocenters. The van der Waals surface area contributed by atoms with Crippen molar-refractivity contribution in [2.75, 3.05) is 0 Å². The van der Waals surface area contributed by atoms with E-state index < -0.39 is 11.3 Å². The summed E-state index contributed by atoms with van der Waals surface area (Å²) in [6, 6.07) is 16.8. The SMILES string of the molecule is NC(=O)[C@@]1(c2ccccc2)CCC(=O)c2ccccc21. The molecule has 2 aromatic rings. The molecule has 1 amide bonds. The van der Waals surface area contributed by atoms with Crippen molar-refractivity contribution >= 4 is 11.7 Å². The summed E-state index contributed by atoms with van der Waals surface area (Å²) >= 11 is 0. The second kappa shape index (κ2) is 4.60. The highest BCUT2D eigenvalue weighted by Gasteiger charge is 2.45. The predicted octanol–water partition coefficient (Wildman–Crippen LogP) is 2.43. The maximum absolute atomic E-state index is 12.3. The van der Waals surface area contributed by atoms with Gasteiger partial charge in [-0.15, -0.1) is 0 Å². The van der Waals surface area contributed by atoms with Gasteiger partial charge in [-0.1, -0.05) is 54.6 Å². The quantitative estimate of drug-likeness (QED) is 0.906. The summed E-state index contributed by atoms with van der Waals surface area (Å²) in [6.07, 6.45) is 0.775. The lowest BCUT2D eigenvalue weighted by Gasteiger charge is -2.36. The van der Waals surface area contributed by atoms with E-state index in [1.165, 1.54) is 0 Å². The fourth-order valence-corrected chi connectivity index (χ4v) is 3.09. The van der Waals surface area contributed by atoms with Crippen LogP contribution in [0.2, 0.25) is 0 Å². The summed E-state index contributed by atoms with van der Waals surface area (Å²) < 4.78 is 0. The zero-order chi connectivity index (χ0) is 14.2. The van der Waals surface area contributed by atoms with Crippen LogP contribution in [0.3, 0.4) is 0 Å². The highest BCUT2D eigenvalue weighted by molar-refractivity contribution is 6.04. The topological polar surface area (TPSA) is 60.2 Å². The van der Waals surface area contributed by atoms with Gasteiger partial charge in [0.25, 0.3) is 0 Å². The number of amides is 1. The van der Waals surface area contributed by atoms with Gasteiger partial charge >= 0.3 is 0 Å². The number of hydrogen-bond donors (Lipinski definition) is 1. The first-order valence-corrected chi connectivity index (χ1v) is 6.64. The van der Waals surface area contributed by atoms with Gasteiger partial charge in [0.05, 0.1) is 5.41 Å². The Bertz CT molecular complexity index is 678. The molecule has 3 heteroatoms. The molecule has 0 aliphatic heterocycles. The largest absolute Gasteiger partial charge is 0.369 e. The smallest absolute Gasteiger partial charge is 0.232 e. The number of Topliss-reactive ketones (excluding diaryl/α,β-unsaturated/α-hetero) is 1. The number of carbonyl (C=O) groups excluding carboxylic acids is 2. The molecule has 3 nitrogen and oxygen atoms in total. The van der Waals surface area contributed by atoms with Crippen molar-refractivity contribution in [3.8, 4) is 0 Å². The van der Waals surface area contributed by atoms with Crippen molar-refractivity contribution in [2.24, 2.45) is 5.73 Å². The third-order valence-corrected chi connectivity index (χ3v) is 4.10. The number of hydrogen-bond acceptors (Lipinski definition) is 2. The van der Waals surface area contributed by atoms with Crippen molar-refractivity contribution in [3.63, 3.8) is 0 Å². The Kier molecular flexibility index (Phi) is 2.90. The fraction of sp³-hybridized carbons (Fsp3) is 0.176. The third kappa shape index (κ3) is 1.67. The lowest BCUT2D eigenvalue weighted by molar-refractivity contribution is -0.122. The maximum Gasteiger partial charge on any atom is 0.232 e. The molecule has 0 saturated carbocycles. The van der Waals surface area contributed by atoms with Crippen molar-refractivity contribution in [1.82, 2.24) is 0 Å². The summed E-state index contributed by atoms with van der Waals surface area (Å²) in [4.78, 5) is 24.3. The number of ketones is 1. The fourth-order valence-electron chi connectivity index (χ4n) is 3.09. The molecule has 20 heavy (non-hydrogen) atoms. The summed E-state index contributed by atoms with van der Waals surface area (Å²) in [5.41, 5.74) is 7.05. The Morgan fingerprint density at radius 3 is 2.35 bits per heavy atom. The molecule has 0 radical (unpaired) electrons. The number of benzene rings is 2. The van der Waals surface area contributed by atoms with Crippen LogP contribution in [-0.4, -0.2) is 11.7 Å². The maximum atomic E-state index is 12.3. The molecular weight excluding hydrogens is 250 g/mol. The first kappa shape index (κ1) is 12.6. The first-order chi connectivity index (χ1) is 9.66. The molecule has 1 aliphatic carbocycles. The minimum Gasteiger partial charge on any atom is -0.369 e. The van der Waals surface area contributed by atoms with E-state index in [1.54, 1.807) is 6.07 Å². The molecule has 3 rings (SSSR count). The summed E-state index contributed by atoms with van der Waals surface area (Å²) in [6.45, 7) is 0. The Morgan fingerprint density at radius 1 is 1.00 bits per heavy atom. The molecule has 0 aromatic heterocycles. The van der Waals surface area contributed by atoms with Crippen molar-refractivity contribution in [3.05, 3.63) is 71.3 Å². The molecule has 0 fully saturated rings. The number of fused-ring (bicyclic) bond motifs is 1. The van der Waals surface area contributed by atoms with Crippen LogP contribution < -0.4 is 5.73 Å². The Balaban J connectivity index is 2.31. The molecular formula is C17H15NO2. The van der Waals surface area contributed by atoms with Gasteiger partial charge in [-0.2, -0.15) is 0 Å². The van der Waals surface area contributed by atoms with E-state index in [9.17, 15) is 9.59 Å². The Hall–Kier alpha value is -2.42. The van der Waals surface area contributed by atoms with Gasteiger partial charge < -0.3 is 5.73 Å². The molecule has 0 heterocycles. The molecule has 1 aliphatic rings. The monoisotopic (exact) mass is 265 g/mol. The van der Waals surface area contributed by atoms with E-state index in [4.69, 9.17) is 5.73 Å². The van der Waals surface area contributed by atoms with E-state index in [1.807, 2.05) is 48.5 Å². The van der Waals surface area contributed by atoms with Crippen LogP contribution in [0.5, 0.6) is 0 Å². The standard InChI is InChI=1S/C17H15NO2/c18-16(20)17(12-6-2-1-3-7-12)11-10-15(19)13-8-4-5-9-14(13)17/h1-9H,10-11H2,(H2,18,20)/t17-/m1/s1. The number of rotatable bonds is 2. The van der Waals surface area contributed by atoms with Gasteiger partial charge in [0.2, 0.25) is 5.91 Å². The van der Waals surface area contributed by atoms with Gasteiger partial charge in [0.1, 0.15) is 0 Å². The van der Waals surface area contributed by atoms with E-state index in [-0.39, 0.29) is 5.78 Å². The van der Waals surface area contributed by atoms with Gasteiger partial charge in [-0.3, -0.25) is 9.59 Å². The lowest BCUT2D eigenvalue weighted by Crippen LogP contribution is -2.45.